The van der Waals surface area contributed by atoms with Gasteiger partial charge in [-0.2, -0.15) is 14.7 Å². The number of hydrogen-bond donors (Lipinski definition) is 0. The Labute approximate surface area is 197 Å². The average molecular weight is 452 g/mol. The van der Waals surface area contributed by atoms with Crippen molar-refractivity contribution in [3.8, 4) is 34.1 Å². The zero-order valence-corrected chi connectivity index (χ0v) is 19.0. The third-order valence-corrected chi connectivity index (χ3v) is 6.23. The molecule has 0 aliphatic carbocycles. The third-order valence-electron chi connectivity index (χ3n) is 6.23. The van der Waals surface area contributed by atoms with E-state index in [1.165, 1.54) is 19.3 Å². The molecule has 8 heteroatoms. The Kier molecular flexibility index (Phi) is 5.18. The minimum Gasteiger partial charge on any atom is -0.497 e. The lowest BCUT2D eigenvalue weighted by Gasteiger charge is -2.29. The molecule has 1 aliphatic rings. The minimum absolute atomic E-state index is 0.796. The van der Waals surface area contributed by atoms with Gasteiger partial charge in [-0.15, -0.1) is 0 Å². The van der Waals surface area contributed by atoms with Crippen LogP contribution in [0.1, 0.15) is 19.3 Å². The Morgan fingerprint density at radius 2 is 1.68 bits per heavy atom. The predicted octanol–water partition coefficient (Wildman–Crippen LogP) is 4.64. The summed E-state index contributed by atoms with van der Waals surface area (Å²) in [5.74, 6) is 1.85. The monoisotopic (exact) mass is 451 g/mol. The van der Waals surface area contributed by atoms with Gasteiger partial charge in [0.05, 0.1) is 24.2 Å². The summed E-state index contributed by atoms with van der Waals surface area (Å²) in [6, 6.07) is 17.9. The van der Waals surface area contributed by atoms with Gasteiger partial charge in [-0.1, -0.05) is 6.07 Å². The fourth-order valence-electron chi connectivity index (χ4n) is 4.46. The Hall–Kier alpha value is -4.20. The van der Waals surface area contributed by atoms with Crippen molar-refractivity contribution in [1.82, 2.24) is 29.4 Å². The molecule has 0 unspecified atom stereocenters. The van der Waals surface area contributed by atoms with Crippen LogP contribution < -0.4 is 9.64 Å². The lowest BCUT2D eigenvalue weighted by molar-refractivity contribution is 0.414. The molecule has 1 aromatic carbocycles. The predicted molar refractivity (Wildman–Crippen MR) is 131 cm³/mol. The summed E-state index contributed by atoms with van der Waals surface area (Å²) in [5, 5.41) is 9.74. The first-order chi connectivity index (χ1) is 16.8. The van der Waals surface area contributed by atoms with Crippen molar-refractivity contribution in [2.24, 2.45) is 0 Å². The van der Waals surface area contributed by atoms with Crippen LogP contribution in [-0.2, 0) is 0 Å². The van der Waals surface area contributed by atoms with Crippen molar-refractivity contribution in [3.05, 3.63) is 73.2 Å². The van der Waals surface area contributed by atoms with Crippen LogP contribution in [0.15, 0.2) is 73.2 Å². The summed E-state index contributed by atoms with van der Waals surface area (Å²) in [7, 11) is 1.67. The SMILES string of the molecule is COc1cccc(-n2ccc(-c3cc(N4CCCCC4)n4nc(-c5ccncc5)cc4n3)n2)c1. The van der Waals surface area contributed by atoms with Crippen LogP contribution in [0.4, 0.5) is 5.82 Å². The van der Waals surface area contributed by atoms with Gasteiger partial charge in [-0.3, -0.25) is 4.98 Å². The maximum Gasteiger partial charge on any atom is 0.158 e. The van der Waals surface area contributed by atoms with Crippen LogP contribution in [0, 0.1) is 0 Å². The van der Waals surface area contributed by atoms with Gasteiger partial charge in [0.25, 0.3) is 0 Å². The molecular formula is C26H25N7O. The van der Waals surface area contributed by atoms with Gasteiger partial charge >= 0.3 is 0 Å². The van der Waals surface area contributed by atoms with Gasteiger partial charge in [0.1, 0.15) is 17.3 Å². The van der Waals surface area contributed by atoms with Crippen LogP contribution >= 0.6 is 0 Å². The molecule has 170 valence electrons. The lowest BCUT2D eigenvalue weighted by atomic mass is 10.1. The first kappa shape index (κ1) is 20.4. The molecule has 0 saturated carbocycles. The molecular weight excluding hydrogens is 426 g/mol. The highest BCUT2D eigenvalue weighted by molar-refractivity contribution is 5.69. The number of hydrogen-bond acceptors (Lipinski definition) is 6. The maximum atomic E-state index is 5.37. The number of aromatic nitrogens is 6. The Morgan fingerprint density at radius 3 is 2.50 bits per heavy atom. The summed E-state index contributed by atoms with van der Waals surface area (Å²) in [5.41, 5.74) is 5.29. The molecule has 1 fully saturated rings. The Bertz CT molecular complexity index is 1430. The van der Waals surface area contributed by atoms with E-state index < -0.39 is 0 Å². The Morgan fingerprint density at radius 1 is 0.824 bits per heavy atom. The second-order valence-corrected chi connectivity index (χ2v) is 8.43. The number of methoxy groups -OCH3 is 1. The highest BCUT2D eigenvalue weighted by atomic mass is 16.5. The van der Waals surface area contributed by atoms with E-state index >= 15 is 0 Å². The largest absolute Gasteiger partial charge is 0.497 e. The van der Waals surface area contributed by atoms with Crippen LogP contribution in [0.3, 0.4) is 0 Å². The molecule has 0 radical (unpaired) electrons. The molecule has 0 bridgehead atoms. The van der Waals surface area contributed by atoms with Crippen molar-refractivity contribution in [1.29, 1.82) is 0 Å². The van der Waals surface area contributed by atoms with Crippen molar-refractivity contribution < 1.29 is 4.74 Å². The number of benzene rings is 1. The average Bonchev–Trinajstić information content (AvgIpc) is 3.57. The molecule has 0 amide bonds. The van der Waals surface area contributed by atoms with E-state index in [9.17, 15) is 0 Å². The number of fused-ring (bicyclic) bond motifs is 1. The van der Waals surface area contributed by atoms with Gasteiger partial charge < -0.3 is 9.64 Å². The molecule has 0 spiro atoms. The van der Waals surface area contributed by atoms with E-state index in [2.05, 4.69) is 16.0 Å². The van der Waals surface area contributed by atoms with Crippen molar-refractivity contribution in [2.45, 2.75) is 19.3 Å². The summed E-state index contributed by atoms with van der Waals surface area (Å²) < 4.78 is 9.18. The van der Waals surface area contributed by atoms with Crippen LogP contribution in [-0.4, -0.2) is 49.6 Å². The van der Waals surface area contributed by atoms with Gasteiger partial charge in [0, 0.05) is 55.4 Å². The van der Waals surface area contributed by atoms with Crippen LogP contribution in [0.2, 0.25) is 0 Å². The molecule has 34 heavy (non-hydrogen) atoms. The highest BCUT2D eigenvalue weighted by Crippen LogP contribution is 2.29. The number of pyridine rings is 1. The molecule has 5 heterocycles. The summed E-state index contributed by atoms with van der Waals surface area (Å²) in [4.78, 5) is 11.5. The summed E-state index contributed by atoms with van der Waals surface area (Å²) in [6.07, 6.45) is 9.16. The van der Waals surface area contributed by atoms with Crippen molar-refractivity contribution in [3.63, 3.8) is 0 Å². The van der Waals surface area contributed by atoms with E-state index in [-0.39, 0.29) is 0 Å². The number of nitrogens with zero attached hydrogens (tertiary/aromatic N) is 7. The summed E-state index contributed by atoms with van der Waals surface area (Å²) in [6.45, 7) is 2.03. The van der Waals surface area contributed by atoms with Gasteiger partial charge in [-0.05, 0) is 49.6 Å². The van der Waals surface area contributed by atoms with Crippen LogP contribution in [0.25, 0.3) is 34.0 Å². The number of ether oxygens (including phenoxy) is 1. The van der Waals surface area contributed by atoms with E-state index in [1.807, 2.05) is 63.9 Å². The normalized spacial score (nSPS) is 14.0. The van der Waals surface area contributed by atoms with Gasteiger partial charge in [0.15, 0.2) is 5.65 Å². The number of anilines is 1. The quantitative estimate of drug-likeness (QED) is 0.388. The van der Waals surface area contributed by atoms with E-state index in [1.54, 1.807) is 19.5 Å². The lowest BCUT2D eigenvalue weighted by Crippen LogP contribution is -2.31. The van der Waals surface area contributed by atoms with E-state index in [4.69, 9.17) is 19.9 Å². The molecule has 8 nitrogen and oxygen atoms in total. The smallest absolute Gasteiger partial charge is 0.158 e. The molecule has 4 aromatic heterocycles. The number of piperidine rings is 1. The first-order valence-corrected chi connectivity index (χ1v) is 11.6. The zero-order chi connectivity index (χ0) is 22.9. The highest BCUT2D eigenvalue weighted by Gasteiger charge is 2.19. The van der Waals surface area contributed by atoms with Crippen LogP contribution in [0.5, 0.6) is 5.75 Å². The van der Waals surface area contributed by atoms with Crippen molar-refractivity contribution >= 4 is 11.5 Å². The molecule has 6 rings (SSSR count). The number of rotatable bonds is 5. The zero-order valence-electron chi connectivity index (χ0n) is 19.0. The molecule has 0 atom stereocenters. The fourth-order valence-corrected chi connectivity index (χ4v) is 4.46. The summed E-state index contributed by atoms with van der Waals surface area (Å²) >= 11 is 0. The molecule has 0 N–H and O–H groups in total. The minimum atomic E-state index is 0.796. The molecule has 1 saturated heterocycles. The Balaban J connectivity index is 1.45. The molecule has 5 aromatic rings. The fraction of sp³-hybridized carbons (Fsp3) is 0.231. The maximum absolute atomic E-state index is 5.37. The van der Waals surface area contributed by atoms with Gasteiger partial charge in [0.2, 0.25) is 0 Å². The third kappa shape index (κ3) is 3.77. The van der Waals surface area contributed by atoms with Crippen molar-refractivity contribution in [2.75, 3.05) is 25.1 Å². The topological polar surface area (TPSA) is 73.4 Å². The standard InChI is InChI=1S/C26H25N7O/c1-34-21-7-5-6-20(16-21)32-15-10-22(29-32)24-18-26(31-13-3-2-4-14-31)33-25(28-24)17-23(30-33)19-8-11-27-12-9-19/h5-12,15-18H,2-4,13-14H2,1H3. The van der Waals surface area contributed by atoms with E-state index in [0.717, 1.165) is 58.6 Å². The van der Waals surface area contributed by atoms with Gasteiger partial charge in [-0.25, -0.2) is 9.67 Å². The van der Waals surface area contributed by atoms with E-state index in [0.29, 0.717) is 0 Å². The molecule has 1 aliphatic heterocycles. The second kappa shape index (κ2) is 8.62. The second-order valence-electron chi connectivity index (χ2n) is 8.43. The first-order valence-electron chi connectivity index (χ1n) is 11.6.